The van der Waals surface area contributed by atoms with Crippen molar-refractivity contribution in [1.29, 1.82) is 0 Å². The van der Waals surface area contributed by atoms with Crippen LogP contribution in [0.5, 0.6) is 0 Å². The molecule has 0 fully saturated rings. The van der Waals surface area contributed by atoms with Gasteiger partial charge in [0.15, 0.2) is 0 Å². The van der Waals surface area contributed by atoms with Crippen LogP contribution in [-0.2, 0) is 15.6 Å². The average molecular weight is 282 g/mol. The normalized spacial score (nSPS) is 14.1. The van der Waals surface area contributed by atoms with E-state index in [0.717, 1.165) is 0 Å². The number of furan rings is 1. The Morgan fingerprint density at radius 1 is 1.47 bits per heavy atom. The summed E-state index contributed by atoms with van der Waals surface area (Å²) in [5.41, 5.74) is 0.662. The third-order valence-electron chi connectivity index (χ3n) is 2.59. The Kier molecular flexibility index (Phi) is 3.84. The van der Waals surface area contributed by atoms with Crippen molar-refractivity contribution in [1.82, 2.24) is 5.16 Å². The zero-order valence-corrected chi connectivity index (χ0v) is 11.6. The van der Waals surface area contributed by atoms with Crippen LogP contribution in [0, 0.1) is 13.8 Å². The zero-order chi connectivity index (χ0) is 14.0. The molecule has 2 atom stereocenters. The summed E-state index contributed by atoms with van der Waals surface area (Å²) >= 11 is 0. The van der Waals surface area contributed by atoms with E-state index in [0.29, 0.717) is 16.3 Å². The lowest BCUT2D eigenvalue weighted by Gasteiger charge is -2.09. The van der Waals surface area contributed by atoms with Gasteiger partial charge in [-0.1, -0.05) is 5.16 Å². The van der Waals surface area contributed by atoms with Gasteiger partial charge >= 0.3 is 0 Å². The molecule has 0 saturated carbocycles. The fourth-order valence-electron chi connectivity index (χ4n) is 1.52. The number of hydrogen-bond acceptors (Lipinski definition) is 5. The van der Waals surface area contributed by atoms with Crippen LogP contribution in [0.2, 0.25) is 0 Å². The monoisotopic (exact) mass is 282 g/mol. The molecule has 2 rings (SSSR count). The van der Waals surface area contributed by atoms with Gasteiger partial charge in [0.2, 0.25) is 11.8 Å². The Morgan fingerprint density at radius 3 is 2.74 bits per heavy atom. The molecule has 19 heavy (non-hydrogen) atoms. The second-order valence-corrected chi connectivity index (χ2v) is 5.84. The molecule has 0 saturated heterocycles. The van der Waals surface area contributed by atoms with Crippen molar-refractivity contribution in [2.24, 2.45) is 0 Å². The Morgan fingerprint density at radius 2 is 2.21 bits per heavy atom. The highest BCUT2D eigenvalue weighted by Crippen LogP contribution is 2.18. The lowest BCUT2D eigenvalue weighted by molar-refractivity contribution is -0.115. The van der Waals surface area contributed by atoms with Gasteiger partial charge in [-0.3, -0.25) is 14.3 Å². The fraction of sp³-hybridized carbons (Fsp3) is 0.333. The summed E-state index contributed by atoms with van der Waals surface area (Å²) in [6, 6.07) is 3.20. The number of carbonyl (C=O) groups excluding carboxylic acids is 1. The number of anilines is 1. The molecule has 0 bridgehead atoms. The van der Waals surface area contributed by atoms with E-state index >= 15 is 0 Å². The van der Waals surface area contributed by atoms with Gasteiger partial charge in [0.05, 0.1) is 27.7 Å². The molecule has 0 aliphatic rings. The first-order valence-corrected chi connectivity index (χ1v) is 6.89. The zero-order valence-electron chi connectivity index (χ0n) is 10.8. The molecule has 0 aliphatic heterocycles. The molecule has 7 heteroatoms. The van der Waals surface area contributed by atoms with Gasteiger partial charge < -0.3 is 8.94 Å². The maximum absolute atomic E-state index is 12.2. The number of nitrogens with zero attached hydrogens (tertiary/aromatic N) is 1. The summed E-state index contributed by atoms with van der Waals surface area (Å²) in [5, 5.41) is 5.47. The maximum Gasteiger partial charge on any atom is 0.242 e. The van der Waals surface area contributed by atoms with E-state index in [4.69, 9.17) is 8.94 Å². The highest BCUT2D eigenvalue weighted by atomic mass is 32.2. The van der Waals surface area contributed by atoms with Gasteiger partial charge in [0.25, 0.3) is 0 Å². The van der Waals surface area contributed by atoms with Crippen LogP contribution in [0.4, 0.5) is 5.88 Å². The maximum atomic E-state index is 12.2. The molecule has 0 radical (unpaired) electrons. The number of carbonyl (C=O) groups is 1. The summed E-state index contributed by atoms with van der Waals surface area (Å²) < 4.78 is 22.2. The van der Waals surface area contributed by atoms with Gasteiger partial charge in [0.1, 0.15) is 11.0 Å². The molecule has 2 aromatic heterocycles. The SMILES string of the molecule is Cc1cc(NC(=O)[C@H](C)[S@@](=O)c2ccoc2C)on1. The molecule has 2 heterocycles. The van der Waals surface area contributed by atoms with Crippen molar-refractivity contribution >= 4 is 22.6 Å². The van der Waals surface area contributed by atoms with E-state index in [-0.39, 0.29) is 5.88 Å². The van der Waals surface area contributed by atoms with Crippen molar-refractivity contribution in [2.45, 2.75) is 30.9 Å². The molecule has 0 aromatic carbocycles. The third kappa shape index (κ3) is 2.93. The fourth-order valence-corrected chi connectivity index (χ4v) is 2.67. The highest BCUT2D eigenvalue weighted by molar-refractivity contribution is 7.86. The Labute approximate surface area is 112 Å². The first kappa shape index (κ1) is 13.5. The van der Waals surface area contributed by atoms with Crippen LogP contribution in [0.15, 0.2) is 32.2 Å². The largest absolute Gasteiger partial charge is 0.468 e. The quantitative estimate of drug-likeness (QED) is 0.927. The van der Waals surface area contributed by atoms with E-state index in [1.165, 1.54) is 6.26 Å². The van der Waals surface area contributed by atoms with Gasteiger partial charge in [-0.15, -0.1) is 0 Å². The predicted molar refractivity (Wildman–Crippen MR) is 69.2 cm³/mol. The average Bonchev–Trinajstić information content (AvgIpc) is 2.96. The molecule has 0 aliphatic carbocycles. The number of amides is 1. The molecule has 2 aromatic rings. The number of nitrogens with one attached hydrogen (secondary N) is 1. The van der Waals surface area contributed by atoms with Crippen LogP contribution in [-0.4, -0.2) is 20.5 Å². The summed E-state index contributed by atoms with van der Waals surface area (Å²) in [6.45, 7) is 5.04. The Balaban J connectivity index is 2.07. The number of hydrogen-bond donors (Lipinski definition) is 1. The van der Waals surface area contributed by atoms with Gasteiger partial charge in [-0.05, 0) is 26.8 Å². The second-order valence-electron chi connectivity index (χ2n) is 4.10. The molecule has 6 nitrogen and oxygen atoms in total. The topological polar surface area (TPSA) is 85.3 Å². The number of aryl methyl sites for hydroxylation is 2. The minimum atomic E-state index is -1.47. The van der Waals surface area contributed by atoms with Crippen molar-refractivity contribution in [3.05, 3.63) is 29.9 Å². The van der Waals surface area contributed by atoms with Gasteiger partial charge in [-0.25, -0.2) is 0 Å². The standard InChI is InChI=1S/C12H14N2O4S/c1-7-6-11(18-14-7)13-12(15)9(3)19(16)10-4-5-17-8(10)2/h4-6,9H,1-3H3,(H,13,15)/t9-,19+/m0/s1. The Bertz CT molecular complexity index is 617. The van der Waals surface area contributed by atoms with Crippen molar-refractivity contribution in [3.63, 3.8) is 0 Å². The van der Waals surface area contributed by atoms with Crippen LogP contribution in [0.3, 0.4) is 0 Å². The lowest BCUT2D eigenvalue weighted by Crippen LogP contribution is -2.29. The predicted octanol–water partition coefficient (Wildman–Crippen LogP) is 2.02. The molecule has 1 amide bonds. The molecular weight excluding hydrogens is 268 g/mol. The van der Waals surface area contributed by atoms with E-state index in [1.54, 1.807) is 32.9 Å². The molecule has 1 N–H and O–H groups in total. The van der Waals surface area contributed by atoms with Gasteiger partial charge in [0, 0.05) is 6.07 Å². The minimum absolute atomic E-state index is 0.246. The first-order chi connectivity index (χ1) is 8.99. The Hall–Kier alpha value is -1.89. The van der Waals surface area contributed by atoms with E-state index in [1.807, 2.05) is 0 Å². The van der Waals surface area contributed by atoms with Crippen LogP contribution in [0.1, 0.15) is 18.4 Å². The highest BCUT2D eigenvalue weighted by Gasteiger charge is 2.24. The first-order valence-electron chi connectivity index (χ1n) is 5.68. The molecule has 0 unspecified atom stereocenters. The number of aromatic nitrogens is 1. The van der Waals surface area contributed by atoms with Gasteiger partial charge in [-0.2, -0.15) is 0 Å². The smallest absolute Gasteiger partial charge is 0.242 e. The lowest BCUT2D eigenvalue weighted by atomic mass is 10.4. The molecule has 102 valence electrons. The summed E-state index contributed by atoms with van der Waals surface area (Å²) in [7, 11) is -1.47. The minimum Gasteiger partial charge on any atom is -0.468 e. The van der Waals surface area contributed by atoms with Crippen molar-refractivity contribution in [3.8, 4) is 0 Å². The van der Waals surface area contributed by atoms with Crippen molar-refractivity contribution in [2.75, 3.05) is 5.32 Å². The second kappa shape index (κ2) is 5.40. The van der Waals surface area contributed by atoms with Crippen LogP contribution in [0.25, 0.3) is 0 Å². The van der Waals surface area contributed by atoms with Crippen LogP contribution >= 0.6 is 0 Å². The summed E-state index contributed by atoms with van der Waals surface area (Å²) in [4.78, 5) is 12.5. The third-order valence-corrected chi connectivity index (χ3v) is 4.31. The van der Waals surface area contributed by atoms with E-state index in [9.17, 15) is 9.00 Å². The van der Waals surface area contributed by atoms with Crippen molar-refractivity contribution < 1.29 is 17.9 Å². The molecule has 0 spiro atoms. The van der Waals surface area contributed by atoms with E-state index < -0.39 is 22.0 Å². The number of rotatable bonds is 4. The van der Waals surface area contributed by atoms with Crippen LogP contribution < -0.4 is 5.32 Å². The molecular formula is C12H14N2O4S. The summed E-state index contributed by atoms with van der Waals surface area (Å²) in [6.07, 6.45) is 1.45. The summed E-state index contributed by atoms with van der Waals surface area (Å²) in [5.74, 6) is 0.402. The van der Waals surface area contributed by atoms with E-state index in [2.05, 4.69) is 10.5 Å².